The zero-order valence-electron chi connectivity index (χ0n) is 13.2. The smallest absolute Gasteiger partial charge is 0.243 e. The summed E-state index contributed by atoms with van der Waals surface area (Å²) in [6.45, 7) is 2.33. The second-order valence-electron chi connectivity index (χ2n) is 6.42. The Labute approximate surface area is 141 Å². The van der Waals surface area contributed by atoms with Crippen molar-refractivity contribution in [2.45, 2.75) is 56.5 Å². The molecule has 0 atom stereocenters. The van der Waals surface area contributed by atoms with E-state index in [0.29, 0.717) is 11.4 Å². The van der Waals surface area contributed by atoms with Gasteiger partial charge >= 0.3 is 0 Å². The monoisotopic (exact) mass is 348 g/mol. The van der Waals surface area contributed by atoms with Gasteiger partial charge in [-0.15, -0.1) is 11.3 Å². The molecular formula is C17H20N2O2S2. The largest absolute Gasteiger partial charge is 0.245 e. The first-order valence-corrected chi connectivity index (χ1v) is 10.4. The van der Waals surface area contributed by atoms with Gasteiger partial charge in [0, 0.05) is 11.4 Å². The third kappa shape index (κ3) is 2.95. The summed E-state index contributed by atoms with van der Waals surface area (Å²) < 4.78 is 27.9. The fraction of sp³-hybridized carbons (Fsp3) is 0.471. The molecule has 0 saturated heterocycles. The minimum atomic E-state index is -3.45. The van der Waals surface area contributed by atoms with Crippen molar-refractivity contribution in [3.63, 3.8) is 0 Å². The predicted molar refractivity (Wildman–Crippen MR) is 91.1 cm³/mol. The lowest BCUT2D eigenvalue weighted by atomic mass is 10.1. The van der Waals surface area contributed by atoms with Crippen molar-refractivity contribution in [2.24, 2.45) is 0 Å². The number of aryl methyl sites for hydroxylation is 3. The molecule has 0 aliphatic heterocycles. The lowest BCUT2D eigenvalue weighted by molar-refractivity contribution is 0.395. The van der Waals surface area contributed by atoms with Crippen LogP contribution in [0.5, 0.6) is 0 Å². The van der Waals surface area contributed by atoms with Crippen molar-refractivity contribution >= 4 is 21.4 Å². The van der Waals surface area contributed by atoms with Crippen LogP contribution in [-0.4, -0.2) is 23.7 Å². The van der Waals surface area contributed by atoms with Crippen LogP contribution >= 0.6 is 11.3 Å². The van der Waals surface area contributed by atoms with Gasteiger partial charge in [-0.05, 0) is 62.3 Å². The summed E-state index contributed by atoms with van der Waals surface area (Å²) in [5.74, 6) is 0. The number of hydrogen-bond acceptors (Lipinski definition) is 4. The number of thiazole rings is 1. The van der Waals surface area contributed by atoms with Crippen molar-refractivity contribution in [3.05, 3.63) is 45.4 Å². The van der Waals surface area contributed by atoms with E-state index in [9.17, 15) is 8.42 Å². The highest BCUT2D eigenvalue weighted by Gasteiger charge is 2.38. The maximum absolute atomic E-state index is 13.1. The SMILES string of the molecule is Cc1nc(CN(C2CC2)S(=O)(=O)c2ccc3c(c2)CCC3)cs1. The van der Waals surface area contributed by atoms with Gasteiger partial charge in [0.1, 0.15) is 0 Å². The minimum Gasteiger partial charge on any atom is -0.245 e. The summed E-state index contributed by atoms with van der Waals surface area (Å²) in [5.41, 5.74) is 3.35. The van der Waals surface area contributed by atoms with Gasteiger partial charge in [-0.1, -0.05) is 6.07 Å². The molecule has 0 amide bonds. The molecule has 122 valence electrons. The first-order chi connectivity index (χ1) is 11.0. The summed E-state index contributed by atoms with van der Waals surface area (Å²) >= 11 is 1.57. The molecule has 6 heteroatoms. The van der Waals surface area contributed by atoms with Crippen molar-refractivity contribution in [2.75, 3.05) is 0 Å². The summed E-state index contributed by atoms with van der Waals surface area (Å²) in [6.07, 6.45) is 5.09. The van der Waals surface area contributed by atoms with Crippen LogP contribution in [0, 0.1) is 6.92 Å². The van der Waals surface area contributed by atoms with Crippen LogP contribution in [0.15, 0.2) is 28.5 Å². The summed E-state index contributed by atoms with van der Waals surface area (Å²) in [5, 5.41) is 2.94. The van der Waals surface area contributed by atoms with E-state index in [-0.39, 0.29) is 6.04 Å². The second-order valence-corrected chi connectivity index (χ2v) is 9.38. The van der Waals surface area contributed by atoms with Crippen LogP contribution in [0.2, 0.25) is 0 Å². The van der Waals surface area contributed by atoms with Gasteiger partial charge in [0.15, 0.2) is 0 Å². The molecule has 1 heterocycles. The van der Waals surface area contributed by atoms with E-state index in [1.165, 1.54) is 11.1 Å². The quantitative estimate of drug-likeness (QED) is 0.833. The highest BCUT2D eigenvalue weighted by molar-refractivity contribution is 7.89. The van der Waals surface area contributed by atoms with E-state index >= 15 is 0 Å². The lowest BCUT2D eigenvalue weighted by Gasteiger charge is -2.21. The van der Waals surface area contributed by atoms with E-state index in [0.717, 1.165) is 42.8 Å². The summed E-state index contributed by atoms with van der Waals surface area (Å²) in [7, 11) is -3.45. The van der Waals surface area contributed by atoms with Crippen molar-refractivity contribution in [1.82, 2.24) is 9.29 Å². The van der Waals surface area contributed by atoms with E-state index in [1.54, 1.807) is 21.7 Å². The Balaban J connectivity index is 1.67. The van der Waals surface area contributed by atoms with Gasteiger partial charge in [0.05, 0.1) is 22.1 Å². The molecule has 0 radical (unpaired) electrons. The Morgan fingerprint density at radius 3 is 2.74 bits per heavy atom. The normalized spacial score (nSPS) is 17.7. The van der Waals surface area contributed by atoms with E-state index in [1.807, 2.05) is 24.4 Å². The summed E-state index contributed by atoms with van der Waals surface area (Å²) in [4.78, 5) is 4.88. The Hall–Kier alpha value is -1.24. The number of sulfonamides is 1. The lowest BCUT2D eigenvalue weighted by Crippen LogP contribution is -2.32. The molecule has 4 nitrogen and oxygen atoms in total. The van der Waals surface area contributed by atoms with Gasteiger partial charge in [0.25, 0.3) is 0 Å². The first kappa shape index (κ1) is 15.3. The highest BCUT2D eigenvalue weighted by Crippen LogP contribution is 2.35. The molecule has 2 aromatic rings. The number of rotatable bonds is 5. The maximum Gasteiger partial charge on any atom is 0.243 e. The minimum absolute atomic E-state index is 0.135. The average Bonchev–Trinajstić information content (AvgIpc) is 3.10. The Morgan fingerprint density at radius 1 is 1.26 bits per heavy atom. The molecule has 1 fully saturated rings. The van der Waals surface area contributed by atoms with Gasteiger partial charge in [-0.3, -0.25) is 0 Å². The Bertz CT molecular complexity index is 838. The molecule has 0 bridgehead atoms. The Morgan fingerprint density at radius 2 is 2.04 bits per heavy atom. The van der Waals surface area contributed by atoms with E-state index in [2.05, 4.69) is 4.98 Å². The van der Waals surface area contributed by atoms with E-state index in [4.69, 9.17) is 0 Å². The Kier molecular flexibility index (Phi) is 3.78. The topological polar surface area (TPSA) is 50.3 Å². The van der Waals surface area contributed by atoms with Gasteiger partial charge in [0.2, 0.25) is 10.0 Å². The third-order valence-corrected chi connectivity index (χ3v) is 7.33. The second kappa shape index (κ2) is 5.69. The van der Waals surface area contributed by atoms with Crippen LogP contribution in [0.25, 0.3) is 0 Å². The fourth-order valence-corrected chi connectivity index (χ4v) is 5.57. The van der Waals surface area contributed by atoms with Crippen molar-refractivity contribution in [3.8, 4) is 0 Å². The third-order valence-electron chi connectivity index (χ3n) is 4.62. The van der Waals surface area contributed by atoms with Gasteiger partial charge in [-0.2, -0.15) is 4.31 Å². The highest BCUT2D eigenvalue weighted by atomic mass is 32.2. The molecular weight excluding hydrogens is 328 g/mol. The number of benzene rings is 1. The fourth-order valence-electron chi connectivity index (χ4n) is 3.26. The molecule has 0 N–H and O–H groups in total. The molecule has 0 unspecified atom stereocenters. The van der Waals surface area contributed by atoms with Gasteiger partial charge in [-0.25, -0.2) is 13.4 Å². The molecule has 1 saturated carbocycles. The molecule has 4 rings (SSSR count). The zero-order chi connectivity index (χ0) is 16.0. The van der Waals surface area contributed by atoms with Crippen LogP contribution < -0.4 is 0 Å². The van der Waals surface area contributed by atoms with Crippen LogP contribution in [0.4, 0.5) is 0 Å². The standard InChI is InChI=1S/C17H20N2O2S2/c1-12-18-15(11-22-12)10-19(16-6-7-16)23(20,21)17-8-5-13-3-2-4-14(13)9-17/h5,8-9,11,16H,2-4,6-7,10H2,1H3. The molecule has 1 aromatic heterocycles. The zero-order valence-corrected chi connectivity index (χ0v) is 14.8. The molecule has 23 heavy (non-hydrogen) atoms. The number of fused-ring (bicyclic) bond motifs is 1. The van der Waals surface area contributed by atoms with Crippen molar-refractivity contribution < 1.29 is 8.42 Å². The van der Waals surface area contributed by atoms with E-state index < -0.39 is 10.0 Å². The van der Waals surface area contributed by atoms with Crippen LogP contribution in [0.3, 0.4) is 0 Å². The number of hydrogen-bond donors (Lipinski definition) is 0. The van der Waals surface area contributed by atoms with Crippen molar-refractivity contribution in [1.29, 1.82) is 0 Å². The first-order valence-electron chi connectivity index (χ1n) is 8.09. The number of aromatic nitrogens is 1. The van der Waals surface area contributed by atoms with Gasteiger partial charge < -0.3 is 0 Å². The van der Waals surface area contributed by atoms with Crippen LogP contribution in [-0.2, 0) is 29.4 Å². The van der Waals surface area contributed by atoms with Crippen LogP contribution in [0.1, 0.15) is 41.1 Å². The number of nitrogens with zero attached hydrogens (tertiary/aromatic N) is 2. The average molecular weight is 348 g/mol. The molecule has 2 aliphatic carbocycles. The summed E-state index contributed by atoms with van der Waals surface area (Å²) in [6, 6.07) is 5.80. The molecule has 2 aliphatic rings. The molecule has 0 spiro atoms. The predicted octanol–water partition coefficient (Wildman–Crippen LogP) is 3.29. The maximum atomic E-state index is 13.1. The molecule has 1 aromatic carbocycles.